The molecule has 1 aromatic rings. The van der Waals surface area contributed by atoms with Gasteiger partial charge in [0.1, 0.15) is 12.4 Å². The number of methoxy groups -OCH3 is 1. The van der Waals surface area contributed by atoms with Crippen molar-refractivity contribution in [1.82, 2.24) is 0 Å². The summed E-state index contributed by atoms with van der Waals surface area (Å²) in [6.07, 6.45) is -0.557. The number of hydrogen-bond acceptors (Lipinski definition) is 4. The first-order valence-corrected chi connectivity index (χ1v) is 5.86. The van der Waals surface area contributed by atoms with E-state index in [1.54, 1.807) is 18.2 Å². The van der Waals surface area contributed by atoms with Crippen LogP contribution in [0.5, 0.6) is 5.75 Å². The lowest BCUT2D eigenvalue weighted by molar-refractivity contribution is -0.124. The molecule has 1 aliphatic heterocycles. The van der Waals surface area contributed by atoms with E-state index in [0.29, 0.717) is 17.1 Å². The van der Waals surface area contributed by atoms with Crippen molar-refractivity contribution < 1.29 is 19.1 Å². The van der Waals surface area contributed by atoms with E-state index in [0.717, 1.165) is 0 Å². The standard InChI is InChI=1S/C13H16N2O4/c1-13(2)7-19-10-6-8(14-12(17)18-3)4-5-9(10)15-11(13)16/h4-6H,7H2,1-3H3,(H,14,17)(H,15,16). The van der Waals surface area contributed by atoms with E-state index in [-0.39, 0.29) is 12.5 Å². The van der Waals surface area contributed by atoms with Crippen LogP contribution in [0.25, 0.3) is 0 Å². The van der Waals surface area contributed by atoms with Crippen LogP contribution in [0, 0.1) is 5.41 Å². The summed E-state index contributed by atoms with van der Waals surface area (Å²) in [5, 5.41) is 5.34. The second kappa shape index (κ2) is 4.79. The molecule has 0 aromatic heterocycles. The van der Waals surface area contributed by atoms with Crippen molar-refractivity contribution in [2.24, 2.45) is 5.41 Å². The van der Waals surface area contributed by atoms with E-state index < -0.39 is 11.5 Å². The first-order valence-electron chi connectivity index (χ1n) is 5.86. The van der Waals surface area contributed by atoms with Crippen LogP contribution in [0.4, 0.5) is 16.2 Å². The summed E-state index contributed by atoms with van der Waals surface area (Å²) in [5.41, 5.74) is 0.528. The Morgan fingerprint density at radius 2 is 2.21 bits per heavy atom. The molecule has 0 bridgehead atoms. The van der Waals surface area contributed by atoms with Crippen LogP contribution >= 0.6 is 0 Å². The molecule has 0 unspecified atom stereocenters. The first kappa shape index (κ1) is 13.2. The third-order valence-electron chi connectivity index (χ3n) is 2.86. The van der Waals surface area contributed by atoms with E-state index in [2.05, 4.69) is 15.4 Å². The minimum Gasteiger partial charge on any atom is -0.490 e. The zero-order valence-electron chi connectivity index (χ0n) is 11.1. The van der Waals surface area contributed by atoms with Gasteiger partial charge in [-0.1, -0.05) is 0 Å². The average Bonchev–Trinajstić information content (AvgIpc) is 2.48. The van der Waals surface area contributed by atoms with Gasteiger partial charge in [-0.3, -0.25) is 10.1 Å². The highest BCUT2D eigenvalue weighted by atomic mass is 16.5. The van der Waals surface area contributed by atoms with Crippen molar-refractivity contribution >= 4 is 23.4 Å². The maximum atomic E-state index is 11.9. The molecule has 2 rings (SSSR count). The Morgan fingerprint density at radius 1 is 1.47 bits per heavy atom. The average molecular weight is 264 g/mol. The maximum absolute atomic E-state index is 11.9. The second-order valence-electron chi connectivity index (χ2n) is 4.95. The van der Waals surface area contributed by atoms with Crippen molar-refractivity contribution in [2.75, 3.05) is 24.4 Å². The molecular formula is C13H16N2O4. The van der Waals surface area contributed by atoms with Gasteiger partial charge in [0.2, 0.25) is 5.91 Å². The van der Waals surface area contributed by atoms with Gasteiger partial charge >= 0.3 is 6.09 Å². The van der Waals surface area contributed by atoms with E-state index in [1.807, 2.05) is 13.8 Å². The van der Waals surface area contributed by atoms with Gasteiger partial charge in [-0.15, -0.1) is 0 Å². The fraction of sp³-hybridized carbons (Fsp3) is 0.385. The van der Waals surface area contributed by atoms with Crippen LogP contribution in [0.15, 0.2) is 18.2 Å². The summed E-state index contributed by atoms with van der Waals surface area (Å²) in [4.78, 5) is 23.1. The summed E-state index contributed by atoms with van der Waals surface area (Å²) >= 11 is 0. The lowest BCUT2D eigenvalue weighted by Crippen LogP contribution is -2.33. The molecule has 102 valence electrons. The Kier molecular flexibility index (Phi) is 3.33. The van der Waals surface area contributed by atoms with Crippen molar-refractivity contribution in [1.29, 1.82) is 0 Å². The number of ether oxygens (including phenoxy) is 2. The van der Waals surface area contributed by atoms with Crippen molar-refractivity contribution in [3.05, 3.63) is 18.2 Å². The molecule has 0 spiro atoms. The number of nitrogens with one attached hydrogen (secondary N) is 2. The summed E-state index contributed by atoms with van der Waals surface area (Å²) in [6.45, 7) is 3.89. The molecule has 2 amide bonds. The largest absolute Gasteiger partial charge is 0.490 e. The number of hydrogen-bond donors (Lipinski definition) is 2. The first-order chi connectivity index (χ1) is 8.92. The van der Waals surface area contributed by atoms with Crippen LogP contribution in [-0.4, -0.2) is 25.7 Å². The SMILES string of the molecule is COC(=O)Nc1ccc2c(c1)OCC(C)(C)C(=O)N2. The van der Waals surface area contributed by atoms with Crippen molar-refractivity contribution in [3.63, 3.8) is 0 Å². The molecule has 2 N–H and O–H groups in total. The molecule has 1 aliphatic rings. The molecule has 0 saturated carbocycles. The normalized spacial score (nSPS) is 16.5. The van der Waals surface area contributed by atoms with Gasteiger partial charge in [-0.05, 0) is 26.0 Å². The third kappa shape index (κ3) is 2.78. The van der Waals surface area contributed by atoms with Gasteiger partial charge in [0.15, 0.2) is 0 Å². The Balaban J connectivity index is 2.25. The van der Waals surface area contributed by atoms with Gasteiger partial charge in [0, 0.05) is 11.8 Å². The monoisotopic (exact) mass is 264 g/mol. The Hall–Kier alpha value is -2.24. The lowest BCUT2D eigenvalue weighted by atomic mass is 9.94. The highest BCUT2D eigenvalue weighted by Gasteiger charge is 2.32. The number of rotatable bonds is 1. The van der Waals surface area contributed by atoms with E-state index in [9.17, 15) is 9.59 Å². The molecule has 0 radical (unpaired) electrons. The zero-order valence-corrected chi connectivity index (χ0v) is 11.1. The molecule has 0 fully saturated rings. The second-order valence-corrected chi connectivity index (χ2v) is 4.95. The van der Waals surface area contributed by atoms with Crippen LogP contribution < -0.4 is 15.4 Å². The fourth-order valence-electron chi connectivity index (χ4n) is 1.61. The summed E-state index contributed by atoms with van der Waals surface area (Å²) in [7, 11) is 1.29. The van der Waals surface area contributed by atoms with Crippen LogP contribution in [0.1, 0.15) is 13.8 Å². The molecule has 6 nitrogen and oxygen atoms in total. The Bertz CT molecular complexity index is 525. The summed E-state index contributed by atoms with van der Waals surface area (Å²) in [5.74, 6) is 0.424. The molecule has 1 heterocycles. The topological polar surface area (TPSA) is 76.7 Å². The summed E-state index contributed by atoms with van der Waals surface area (Å²) < 4.78 is 10.1. The molecule has 1 aromatic carbocycles. The number of carbonyl (C=O) groups excluding carboxylic acids is 2. The summed E-state index contributed by atoms with van der Waals surface area (Å²) in [6, 6.07) is 4.99. The van der Waals surface area contributed by atoms with Crippen molar-refractivity contribution in [2.45, 2.75) is 13.8 Å². The predicted molar refractivity (Wildman–Crippen MR) is 70.4 cm³/mol. The van der Waals surface area contributed by atoms with Crippen LogP contribution in [0.2, 0.25) is 0 Å². The minimum atomic E-state index is -0.602. The van der Waals surface area contributed by atoms with Gasteiger partial charge in [-0.2, -0.15) is 0 Å². The van der Waals surface area contributed by atoms with Gasteiger partial charge in [0.25, 0.3) is 0 Å². The van der Waals surface area contributed by atoms with Crippen molar-refractivity contribution in [3.8, 4) is 5.75 Å². The molecular weight excluding hydrogens is 248 g/mol. The Labute approximate surface area is 111 Å². The van der Waals surface area contributed by atoms with Gasteiger partial charge in [-0.25, -0.2) is 4.79 Å². The number of amides is 2. The zero-order chi connectivity index (χ0) is 14.0. The van der Waals surface area contributed by atoms with Crippen LogP contribution in [-0.2, 0) is 9.53 Å². The predicted octanol–water partition coefficient (Wildman–Crippen LogP) is 2.22. The number of anilines is 2. The number of carbonyl (C=O) groups is 2. The van der Waals surface area contributed by atoms with Gasteiger partial charge < -0.3 is 14.8 Å². The van der Waals surface area contributed by atoms with Crippen LogP contribution in [0.3, 0.4) is 0 Å². The molecule has 19 heavy (non-hydrogen) atoms. The van der Waals surface area contributed by atoms with E-state index >= 15 is 0 Å². The quantitative estimate of drug-likeness (QED) is 0.815. The Morgan fingerprint density at radius 3 is 2.89 bits per heavy atom. The molecule has 0 atom stereocenters. The van der Waals surface area contributed by atoms with Gasteiger partial charge in [0.05, 0.1) is 18.2 Å². The van der Waals surface area contributed by atoms with E-state index in [1.165, 1.54) is 7.11 Å². The van der Waals surface area contributed by atoms with E-state index in [4.69, 9.17) is 4.74 Å². The highest BCUT2D eigenvalue weighted by molar-refractivity contribution is 5.97. The number of benzene rings is 1. The molecule has 6 heteroatoms. The highest BCUT2D eigenvalue weighted by Crippen LogP contribution is 2.34. The maximum Gasteiger partial charge on any atom is 0.411 e. The fourth-order valence-corrected chi connectivity index (χ4v) is 1.61. The number of fused-ring (bicyclic) bond motifs is 1. The third-order valence-corrected chi connectivity index (χ3v) is 2.86. The molecule has 0 saturated heterocycles. The molecule has 0 aliphatic carbocycles. The lowest BCUT2D eigenvalue weighted by Gasteiger charge is -2.18. The smallest absolute Gasteiger partial charge is 0.411 e. The minimum absolute atomic E-state index is 0.0973.